The van der Waals surface area contributed by atoms with Crippen molar-refractivity contribution in [3.8, 4) is 0 Å². The first-order valence-corrected chi connectivity index (χ1v) is 7.44. The van der Waals surface area contributed by atoms with Crippen LogP contribution in [0.15, 0.2) is 24.3 Å². The number of ether oxygens (including phenoxy) is 3. The Kier molecular flexibility index (Phi) is 4.24. The lowest BCUT2D eigenvalue weighted by molar-refractivity contribution is -0.171. The summed E-state index contributed by atoms with van der Waals surface area (Å²) >= 11 is 0. The Morgan fingerprint density at radius 1 is 1.15 bits per heavy atom. The van der Waals surface area contributed by atoms with Crippen LogP contribution in [0.25, 0.3) is 0 Å². The van der Waals surface area contributed by atoms with E-state index in [1.54, 1.807) is 0 Å². The van der Waals surface area contributed by atoms with Gasteiger partial charge in [0.05, 0.1) is 18.3 Å². The van der Waals surface area contributed by atoms with Crippen molar-refractivity contribution in [2.24, 2.45) is 0 Å². The number of hydrogen-bond acceptors (Lipinski definition) is 4. The lowest BCUT2D eigenvalue weighted by Crippen LogP contribution is -2.46. The van der Waals surface area contributed by atoms with E-state index in [9.17, 15) is 0 Å². The second-order valence-corrected chi connectivity index (χ2v) is 5.81. The highest BCUT2D eigenvalue weighted by atomic mass is 16.5. The molecule has 2 N–H and O–H groups in total. The Hall–Kier alpha value is -1.10. The molecular weight excluding hydrogens is 254 g/mol. The van der Waals surface area contributed by atoms with Crippen LogP contribution in [-0.2, 0) is 20.8 Å². The van der Waals surface area contributed by atoms with Gasteiger partial charge in [-0.3, -0.25) is 0 Å². The number of hydrogen-bond donors (Lipinski definition) is 1. The lowest BCUT2D eigenvalue weighted by atomic mass is 9.85. The fourth-order valence-corrected chi connectivity index (χ4v) is 3.04. The van der Waals surface area contributed by atoms with Crippen LogP contribution in [0.5, 0.6) is 0 Å². The summed E-state index contributed by atoms with van der Waals surface area (Å²) in [4.78, 5) is 0. The molecule has 0 aromatic heterocycles. The molecule has 110 valence electrons. The topological polar surface area (TPSA) is 53.7 Å². The molecule has 2 saturated heterocycles. The maximum atomic E-state index is 6.07. The van der Waals surface area contributed by atoms with Crippen molar-refractivity contribution in [3.63, 3.8) is 0 Å². The van der Waals surface area contributed by atoms with Crippen molar-refractivity contribution in [2.45, 2.75) is 44.0 Å². The van der Waals surface area contributed by atoms with Crippen molar-refractivity contribution in [1.29, 1.82) is 0 Å². The summed E-state index contributed by atoms with van der Waals surface area (Å²) in [5, 5.41) is 0. The maximum Gasteiger partial charge on any atom is 0.0751 e. The van der Waals surface area contributed by atoms with Crippen molar-refractivity contribution < 1.29 is 14.2 Å². The van der Waals surface area contributed by atoms with Crippen molar-refractivity contribution >= 4 is 5.69 Å². The largest absolute Gasteiger partial charge is 0.399 e. The van der Waals surface area contributed by atoms with Crippen LogP contribution >= 0.6 is 0 Å². The fraction of sp³-hybridized carbons (Fsp3) is 0.625. The van der Waals surface area contributed by atoms with E-state index in [1.165, 1.54) is 5.56 Å². The smallest absolute Gasteiger partial charge is 0.0751 e. The maximum absolute atomic E-state index is 6.07. The molecule has 3 rings (SSSR count). The molecule has 4 heteroatoms. The van der Waals surface area contributed by atoms with Gasteiger partial charge in [-0.2, -0.15) is 0 Å². The van der Waals surface area contributed by atoms with E-state index in [-0.39, 0.29) is 5.60 Å². The first-order valence-electron chi connectivity index (χ1n) is 7.44. The molecule has 2 aliphatic rings. The minimum atomic E-state index is 0.00226. The molecule has 0 bridgehead atoms. The predicted octanol–water partition coefficient (Wildman–Crippen LogP) is 2.51. The molecule has 2 fully saturated rings. The molecule has 1 unspecified atom stereocenters. The highest BCUT2D eigenvalue weighted by Gasteiger charge is 2.39. The van der Waals surface area contributed by atoms with Gasteiger partial charge in [-0.15, -0.1) is 0 Å². The number of nitrogen functional groups attached to an aromatic ring is 1. The molecule has 0 aliphatic carbocycles. The molecule has 1 aromatic carbocycles. The van der Waals surface area contributed by atoms with E-state index in [2.05, 4.69) is 0 Å². The van der Waals surface area contributed by atoms with Crippen LogP contribution in [0, 0.1) is 0 Å². The minimum Gasteiger partial charge on any atom is -0.399 e. The quantitative estimate of drug-likeness (QED) is 0.863. The summed E-state index contributed by atoms with van der Waals surface area (Å²) in [6.45, 7) is 3.07. The van der Waals surface area contributed by atoms with Crippen molar-refractivity contribution in [1.82, 2.24) is 0 Å². The van der Waals surface area contributed by atoms with Gasteiger partial charge >= 0.3 is 0 Å². The Morgan fingerprint density at radius 3 is 2.65 bits per heavy atom. The molecule has 0 radical (unpaired) electrons. The van der Waals surface area contributed by atoms with Gasteiger partial charge in [-0.05, 0) is 37.0 Å². The van der Waals surface area contributed by atoms with Gasteiger partial charge in [0.2, 0.25) is 0 Å². The minimum absolute atomic E-state index is 0.00226. The molecule has 1 atom stereocenters. The fourth-order valence-electron chi connectivity index (χ4n) is 3.04. The number of nitrogens with two attached hydrogens (primary N) is 1. The third-order valence-corrected chi connectivity index (χ3v) is 4.32. The Morgan fingerprint density at radius 2 is 1.90 bits per heavy atom. The van der Waals surface area contributed by atoms with Crippen LogP contribution in [0.4, 0.5) is 5.69 Å². The van der Waals surface area contributed by atoms with Crippen LogP contribution in [0.3, 0.4) is 0 Å². The summed E-state index contributed by atoms with van der Waals surface area (Å²) in [5.74, 6) is 0. The van der Waals surface area contributed by atoms with Crippen molar-refractivity contribution in [2.75, 3.05) is 25.6 Å². The molecular formula is C16H23NO3. The first-order chi connectivity index (χ1) is 9.76. The van der Waals surface area contributed by atoms with E-state index in [0.29, 0.717) is 12.7 Å². The van der Waals surface area contributed by atoms with Crippen LogP contribution in [0.2, 0.25) is 0 Å². The average Bonchev–Trinajstić information content (AvgIpc) is 2.48. The average molecular weight is 277 g/mol. The van der Waals surface area contributed by atoms with E-state index in [0.717, 1.165) is 51.2 Å². The summed E-state index contributed by atoms with van der Waals surface area (Å²) < 4.78 is 17.5. The highest BCUT2D eigenvalue weighted by Crippen LogP contribution is 2.35. The third-order valence-electron chi connectivity index (χ3n) is 4.32. The summed E-state index contributed by atoms with van der Waals surface area (Å²) in [6, 6.07) is 7.89. The number of anilines is 1. The van der Waals surface area contributed by atoms with Gasteiger partial charge in [0, 0.05) is 31.9 Å². The molecule has 2 aliphatic heterocycles. The standard InChI is InChI=1S/C16H23NO3/c17-14-3-1-13(2-4-14)12-19-15-5-8-20-16(11-15)6-9-18-10-7-16/h1-4,15H,5-12,17H2. The van der Waals surface area contributed by atoms with Crippen LogP contribution in [0.1, 0.15) is 31.2 Å². The van der Waals surface area contributed by atoms with Crippen LogP contribution in [-0.4, -0.2) is 31.5 Å². The molecule has 0 saturated carbocycles. The number of benzene rings is 1. The molecule has 4 nitrogen and oxygen atoms in total. The van der Waals surface area contributed by atoms with Crippen molar-refractivity contribution in [3.05, 3.63) is 29.8 Å². The Labute approximate surface area is 120 Å². The normalized spacial score (nSPS) is 25.7. The monoisotopic (exact) mass is 277 g/mol. The van der Waals surface area contributed by atoms with Gasteiger partial charge in [0.1, 0.15) is 0 Å². The number of rotatable bonds is 3. The molecule has 1 spiro atoms. The molecule has 2 heterocycles. The Bertz CT molecular complexity index is 420. The lowest BCUT2D eigenvalue weighted by Gasteiger charge is -2.43. The Balaban J connectivity index is 1.53. The zero-order chi connectivity index (χ0) is 13.8. The van der Waals surface area contributed by atoms with Gasteiger partial charge in [0.25, 0.3) is 0 Å². The van der Waals surface area contributed by atoms with E-state index in [4.69, 9.17) is 19.9 Å². The molecule has 20 heavy (non-hydrogen) atoms. The first kappa shape index (κ1) is 13.9. The second kappa shape index (κ2) is 6.12. The van der Waals surface area contributed by atoms with Gasteiger partial charge in [0.15, 0.2) is 0 Å². The predicted molar refractivity (Wildman–Crippen MR) is 77.4 cm³/mol. The molecule has 0 amide bonds. The van der Waals surface area contributed by atoms with E-state index < -0.39 is 0 Å². The highest BCUT2D eigenvalue weighted by molar-refractivity contribution is 5.39. The van der Waals surface area contributed by atoms with Gasteiger partial charge in [-0.1, -0.05) is 12.1 Å². The summed E-state index contributed by atoms with van der Waals surface area (Å²) in [6.07, 6.45) is 4.26. The van der Waals surface area contributed by atoms with E-state index in [1.807, 2.05) is 24.3 Å². The zero-order valence-electron chi connectivity index (χ0n) is 11.8. The molecule has 1 aromatic rings. The van der Waals surface area contributed by atoms with Gasteiger partial charge in [-0.25, -0.2) is 0 Å². The zero-order valence-corrected chi connectivity index (χ0v) is 11.8. The second-order valence-electron chi connectivity index (χ2n) is 5.81. The summed E-state index contributed by atoms with van der Waals surface area (Å²) in [7, 11) is 0. The summed E-state index contributed by atoms with van der Waals surface area (Å²) in [5.41, 5.74) is 7.66. The van der Waals surface area contributed by atoms with Gasteiger partial charge < -0.3 is 19.9 Å². The third kappa shape index (κ3) is 3.32. The van der Waals surface area contributed by atoms with E-state index >= 15 is 0 Å². The SMILES string of the molecule is Nc1ccc(COC2CCOC3(CCOCC3)C2)cc1. The van der Waals surface area contributed by atoms with Crippen LogP contribution < -0.4 is 5.73 Å².